The third-order valence-corrected chi connectivity index (χ3v) is 12.9. The van der Waals surface area contributed by atoms with Crippen LogP contribution in [0.5, 0.6) is 11.8 Å². The molecule has 4 heterocycles. The Morgan fingerprint density at radius 2 is 1.05 bits per heavy atom. The zero-order valence-corrected chi connectivity index (χ0v) is 47.8. The van der Waals surface area contributed by atoms with Gasteiger partial charge in [0.1, 0.15) is 29.9 Å². The number of hydrogen-bond donors (Lipinski definition) is 1. The number of carboxylic acids is 1. The minimum absolute atomic E-state index is 0. The summed E-state index contributed by atoms with van der Waals surface area (Å²) in [5, 5.41) is 12.3. The molecule has 2 amide bonds. The lowest BCUT2D eigenvalue weighted by atomic mass is 9.08. The van der Waals surface area contributed by atoms with Crippen molar-refractivity contribution in [2.45, 2.75) is 148 Å². The Kier molecular flexibility index (Phi) is 29.8. The molecule has 417 valence electrons. The Labute approximate surface area is 479 Å². The average Bonchev–Trinajstić information content (AvgIpc) is 3.97. The molecule has 2 saturated heterocycles. The summed E-state index contributed by atoms with van der Waals surface area (Å²) in [7, 11) is 26.6. The van der Waals surface area contributed by atoms with Crippen molar-refractivity contribution in [2.24, 2.45) is 22.7 Å². The van der Waals surface area contributed by atoms with Crippen molar-refractivity contribution in [3.05, 3.63) is 84.2 Å². The Morgan fingerprint density at radius 3 is 1.35 bits per heavy atom. The molecular weight excluding hydrogens is 992 g/mol. The van der Waals surface area contributed by atoms with Crippen LogP contribution in [0.25, 0.3) is 33.7 Å². The molecule has 2 fully saturated rings. The first-order chi connectivity index (χ1) is 35.7. The highest BCUT2D eigenvalue weighted by Crippen LogP contribution is 2.35. The fraction of sp³-hybridized carbons (Fsp3) is 0.526. The van der Waals surface area contributed by atoms with Crippen molar-refractivity contribution >= 4 is 116 Å². The van der Waals surface area contributed by atoms with Gasteiger partial charge in [-0.15, -0.1) is 0 Å². The summed E-state index contributed by atoms with van der Waals surface area (Å²) in [6.07, 6.45) is 5.64. The van der Waals surface area contributed by atoms with Crippen LogP contribution in [0.3, 0.4) is 0 Å². The molecule has 0 saturated carbocycles. The second-order valence-corrected chi connectivity index (χ2v) is 21.9. The number of carboxylic acid groups (broad SMARTS) is 1. The summed E-state index contributed by atoms with van der Waals surface area (Å²) in [4.78, 5) is 72.7. The van der Waals surface area contributed by atoms with E-state index in [1.54, 1.807) is 51.1 Å². The molecular formula is C57H82B7N4O11. The predicted molar refractivity (Wildman–Crippen MR) is 326 cm³/mol. The van der Waals surface area contributed by atoms with Crippen LogP contribution in [0, 0.1) is 36.5 Å². The molecule has 2 aliphatic heterocycles. The Hall–Kier alpha value is -6.06. The third kappa shape index (κ3) is 21.8. The minimum Gasteiger partial charge on any atom is -0.481 e. The number of nitrogens with zero attached hydrogens (tertiary/aromatic N) is 4. The lowest BCUT2D eigenvalue weighted by molar-refractivity contribution is -0.153. The van der Waals surface area contributed by atoms with Crippen molar-refractivity contribution in [1.29, 1.82) is 0 Å². The molecule has 0 spiro atoms. The number of hydrogen-bond acceptors (Lipinski definition) is 12. The maximum absolute atomic E-state index is 13.2. The molecule has 11 radical (unpaired) electrons. The summed E-state index contributed by atoms with van der Waals surface area (Å²) in [6, 6.07) is 10.6. The van der Waals surface area contributed by atoms with Gasteiger partial charge in [-0.2, -0.15) is 0 Å². The van der Waals surface area contributed by atoms with Crippen LogP contribution in [-0.2, 0) is 33.4 Å². The van der Waals surface area contributed by atoms with E-state index in [0.29, 0.717) is 31.1 Å². The van der Waals surface area contributed by atoms with Crippen LogP contribution in [0.1, 0.15) is 126 Å². The van der Waals surface area contributed by atoms with E-state index >= 15 is 0 Å². The number of rotatable bonds is 10. The number of aryl methyl sites for hydroxylation is 2. The van der Waals surface area contributed by atoms with Gasteiger partial charge in [0.05, 0.1) is 33.2 Å². The number of esters is 2. The molecule has 6 rings (SSSR count). The standard InChI is InChI=1S/C25H32N2O4.C23H28N2O5.C7H14O2.2CH4.B4.B3/c1-8-17-12-20-18(11-15(17)2)9-10-26-22(20)31-19-13-21(24(29)30-7)27(14-19)23(28)16(3)25(4,5)6;1-7-15-11-18-16(10-14(15)2)8-9-24-20(18)29-17-12-19(21(26)28-6)25(13-17)22(27)30-23(3,4)5;1-5(6(8)9)7(2,3)4;;;1-4(2)3;1-3-2/h8-12,16,19,21H,1,13-14H2,2-7H3;7-11,17,19H,1,12-13H2,2-6H3;5H,1-4H3,(H,8,9);2*1H4;;/t16-,19-,21+;17-,19+;5-;;;;/m111..../s1. The van der Waals surface area contributed by atoms with E-state index in [0.717, 1.165) is 50.9 Å². The normalized spacial score (nSPS) is 17.2. The van der Waals surface area contributed by atoms with Gasteiger partial charge >= 0.3 is 24.0 Å². The van der Waals surface area contributed by atoms with Crippen LogP contribution in [0.2, 0.25) is 0 Å². The topological polar surface area (TPSA) is 184 Å². The number of pyridine rings is 2. The molecule has 2 aliphatic rings. The number of aliphatic carboxylic acids is 1. The number of carbonyl (C=O) groups is 5. The summed E-state index contributed by atoms with van der Waals surface area (Å²) in [5.74, 6) is -1.27. The summed E-state index contributed by atoms with van der Waals surface area (Å²) in [6.45, 7) is 33.1. The van der Waals surface area contributed by atoms with E-state index in [1.807, 2.05) is 92.7 Å². The van der Waals surface area contributed by atoms with Gasteiger partial charge in [-0.1, -0.05) is 108 Å². The monoisotopic (exact) mass is 1080 g/mol. The number of methoxy groups -OCH3 is 2. The molecule has 0 unspecified atom stereocenters. The quantitative estimate of drug-likeness (QED) is 0.0904. The number of amides is 2. The zero-order chi connectivity index (χ0) is 58.9. The molecule has 6 atom stereocenters. The van der Waals surface area contributed by atoms with Crippen LogP contribution in [-0.4, -0.2) is 164 Å². The van der Waals surface area contributed by atoms with Gasteiger partial charge in [-0.05, 0) is 103 Å². The zero-order valence-electron chi connectivity index (χ0n) is 47.8. The van der Waals surface area contributed by atoms with Gasteiger partial charge in [-0.3, -0.25) is 14.5 Å². The maximum Gasteiger partial charge on any atom is 0.411 e. The largest absolute Gasteiger partial charge is 0.481 e. The summed E-state index contributed by atoms with van der Waals surface area (Å²) in [5.41, 5.74) is 3.23. The average molecular weight is 1070 g/mol. The van der Waals surface area contributed by atoms with E-state index in [4.69, 9.17) is 28.8 Å². The van der Waals surface area contributed by atoms with Gasteiger partial charge in [0.2, 0.25) is 17.7 Å². The van der Waals surface area contributed by atoms with Crippen molar-refractivity contribution in [3.63, 3.8) is 0 Å². The highest BCUT2D eigenvalue weighted by atomic mass is 16.6. The van der Waals surface area contributed by atoms with E-state index in [9.17, 15) is 24.0 Å². The lowest BCUT2D eigenvalue weighted by Crippen LogP contribution is -2.46. The van der Waals surface area contributed by atoms with Crippen molar-refractivity contribution in [3.8, 4) is 11.8 Å². The first kappa shape index (κ1) is 72.9. The molecule has 0 bridgehead atoms. The van der Waals surface area contributed by atoms with Crippen LogP contribution in [0.4, 0.5) is 4.79 Å². The molecule has 22 heteroatoms. The molecule has 0 aliphatic carbocycles. The van der Waals surface area contributed by atoms with Gasteiger partial charge in [-0.25, -0.2) is 24.4 Å². The van der Waals surface area contributed by atoms with Crippen molar-refractivity contribution in [1.82, 2.24) is 19.8 Å². The van der Waals surface area contributed by atoms with Gasteiger partial charge in [0.15, 0.2) is 0 Å². The van der Waals surface area contributed by atoms with Gasteiger partial charge in [0.25, 0.3) is 0 Å². The minimum atomic E-state index is -0.768. The third-order valence-electron chi connectivity index (χ3n) is 12.9. The van der Waals surface area contributed by atoms with E-state index in [1.165, 1.54) is 19.1 Å². The predicted octanol–water partition coefficient (Wildman–Crippen LogP) is 8.87. The molecule has 2 aromatic heterocycles. The van der Waals surface area contributed by atoms with Gasteiger partial charge in [0, 0.05) is 94.1 Å². The number of aromatic nitrogens is 2. The fourth-order valence-corrected chi connectivity index (χ4v) is 7.83. The molecule has 1 N–H and O–H groups in total. The number of fused-ring (bicyclic) bond motifs is 2. The number of benzene rings is 2. The first-order valence-electron chi connectivity index (χ1n) is 25.3. The van der Waals surface area contributed by atoms with Crippen LogP contribution < -0.4 is 9.47 Å². The highest BCUT2D eigenvalue weighted by molar-refractivity contribution is 7.49. The maximum atomic E-state index is 13.2. The number of carbonyl (C=O) groups excluding carboxylic acids is 4. The second kappa shape index (κ2) is 32.3. The Balaban J connectivity index is 0.00000119. The molecule has 15 nitrogen and oxygen atoms in total. The van der Waals surface area contributed by atoms with E-state index in [-0.39, 0.29) is 56.1 Å². The van der Waals surface area contributed by atoms with Crippen LogP contribution in [0.15, 0.2) is 61.9 Å². The van der Waals surface area contributed by atoms with Crippen molar-refractivity contribution in [2.75, 3.05) is 27.3 Å². The molecule has 4 aromatic rings. The van der Waals surface area contributed by atoms with E-state index < -0.39 is 54.2 Å². The fourth-order valence-electron chi connectivity index (χ4n) is 7.83. The van der Waals surface area contributed by atoms with Crippen molar-refractivity contribution < 1.29 is 52.8 Å². The SMILES string of the molecule is C.C.C=Cc1cc2c(O[C@@H]3C[C@@H](C(=O)OC)N(C(=O)OC(C)(C)C)C3)nccc2cc1C.C=Cc1cc2c(O[C@@H]3C[C@@H](C(=O)OC)N(C(=O)[C@@H](C)C(C)(C)C)C3)nccc2cc1C.C[C@H](C(=O)O)C(C)(C)C.[B]B([B])[B].[B][B][B]. The van der Waals surface area contributed by atoms with Crippen LogP contribution >= 0.6 is 0 Å². The summed E-state index contributed by atoms with van der Waals surface area (Å²) >= 11 is 0. The van der Waals surface area contributed by atoms with Gasteiger partial charge < -0.3 is 33.7 Å². The lowest BCUT2D eigenvalue weighted by Gasteiger charge is -2.32. The number of likely N-dealkylation sites (tertiary alicyclic amines) is 2. The van der Waals surface area contributed by atoms with E-state index in [2.05, 4.69) is 73.9 Å². The Bertz CT molecular complexity index is 2670. The summed E-state index contributed by atoms with van der Waals surface area (Å²) < 4.78 is 27.7. The first-order valence-corrected chi connectivity index (χ1v) is 25.3. The molecule has 79 heavy (non-hydrogen) atoms. The molecule has 2 aromatic carbocycles. The number of ether oxygens (including phenoxy) is 5. The second-order valence-electron chi connectivity index (χ2n) is 21.9. The smallest absolute Gasteiger partial charge is 0.411 e. The Morgan fingerprint density at radius 1 is 0.696 bits per heavy atom. The highest BCUT2D eigenvalue weighted by Gasteiger charge is 2.45.